The number of hydrogen-bond donors (Lipinski definition) is 1. The van der Waals surface area contributed by atoms with Crippen LogP contribution in [0.3, 0.4) is 0 Å². The molecule has 1 aliphatic rings. The molecule has 98 valence electrons. The first-order valence-electron chi connectivity index (χ1n) is 6.61. The molecule has 0 aromatic heterocycles. The monoisotopic (exact) mass is 248 g/mol. The fourth-order valence-electron chi connectivity index (χ4n) is 2.62. The Morgan fingerprint density at radius 3 is 2.67 bits per heavy atom. The first-order valence-corrected chi connectivity index (χ1v) is 6.61. The number of benzene rings is 1. The van der Waals surface area contributed by atoms with Crippen LogP contribution < -0.4 is 4.74 Å². The molecular weight excluding hydrogens is 228 g/mol. The summed E-state index contributed by atoms with van der Waals surface area (Å²) in [6.45, 7) is 3.05. The molecular formula is C15H20O3. The van der Waals surface area contributed by atoms with Gasteiger partial charge < -0.3 is 9.84 Å². The Hall–Kier alpha value is -1.51. The van der Waals surface area contributed by atoms with Crippen molar-refractivity contribution in [1.82, 2.24) is 0 Å². The van der Waals surface area contributed by atoms with E-state index >= 15 is 0 Å². The molecule has 0 amide bonds. The fraction of sp³-hybridized carbons (Fsp3) is 0.533. The number of carboxylic acids is 1. The molecule has 1 aromatic rings. The average Bonchev–Trinajstić information content (AvgIpc) is 2.37. The van der Waals surface area contributed by atoms with Crippen molar-refractivity contribution in [3.05, 3.63) is 29.8 Å². The van der Waals surface area contributed by atoms with E-state index in [9.17, 15) is 4.79 Å². The van der Waals surface area contributed by atoms with Gasteiger partial charge in [-0.05, 0) is 48.9 Å². The van der Waals surface area contributed by atoms with Gasteiger partial charge in [-0.1, -0.05) is 19.8 Å². The van der Waals surface area contributed by atoms with Crippen molar-refractivity contribution in [2.45, 2.75) is 32.6 Å². The molecule has 0 heterocycles. The lowest BCUT2D eigenvalue weighted by Crippen LogP contribution is -2.19. The minimum atomic E-state index is -0.900. The number of carboxylic acid groups (broad SMARTS) is 1. The predicted octanol–water partition coefficient (Wildman–Crippen LogP) is 3.59. The van der Waals surface area contributed by atoms with Crippen LogP contribution in [0, 0.1) is 11.8 Å². The number of rotatable bonds is 4. The third-order valence-corrected chi connectivity index (χ3v) is 3.63. The Kier molecular flexibility index (Phi) is 4.24. The molecule has 1 fully saturated rings. The van der Waals surface area contributed by atoms with E-state index in [0.717, 1.165) is 18.3 Å². The van der Waals surface area contributed by atoms with Gasteiger partial charge in [-0.3, -0.25) is 0 Å². The van der Waals surface area contributed by atoms with Gasteiger partial charge in [0.1, 0.15) is 5.75 Å². The van der Waals surface area contributed by atoms with Gasteiger partial charge in [0.2, 0.25) is 0 Å². The van der Waals surface area contributed by atoms with Crippen LogP contribution in [0.5, 0.6) is 5.75 Å². The average molecular weight is 248 g/mol. The Morgan fingerprint density at radius 2 is 2.06 bits per heavy atom. The SMILES string of the molecule is CC1CCCC(COc2ccc(C(=O)O)cc2)C1. The lowest BCUT2D eigenvalue weighted by atomic mass is 9.83. The van der Waals surface area contributed by atoms with Crippen molar-refractivity contribution in [2.24, 2.45) is 11.8 Å². The Balaban J connectivity index is 1.84. The molecule has 3 nitrogen and oxygen atoms in total. The van der Waals surface area contributed by atoms with Crippen molar-refractivity contribution < 1.29 is 14.6 Å². The van der Waals surface area contributed by atoms with E-state index in [1.165, 1.54) is 25.7 Å². The van der Waals surface area contributed by atoms with E-state index in [2.05, 4.69) is 6.92 Å². The molecule has 0 aliphatic heterocycles. The standard InChI is InChI=1S/C15H20O3/c1-11-3-2-4-12(9-11)10-18-14-7-5-13(6-8-14)15(16)17/h5-8,11-12H,2-4,9-10H2,1H3,(H,16,17). The minimum Gasteiger partial charge on any atom is -0.493 e. The fourth-order valence-corrected chi connectivity index (χ4v) is 2.62. The Labute approximate surface area is 108 Å². The second kappa shape index (κ2) is 5.89. The second-order valence-electron chi connectivity index (χ2n) is 5.28. The molecule has 1 aromatic carbocycles. The van der Waals surface area contributed by atoms with Crippen molar-refractivity contribution in [3.63, 3.8) is 0 Å². The minimum absolute atomic E-state index is 0.300. The van der Waals surface area contributed by atoms with E-state index in [4.69, 9.17) is 9.84 Å². The number of carbonyl (C=O) groups is 1. The van der Waals surface area contributed by atoms with Gasteiger partial charge in [0, 0.05) is 0 Å². The zero-order chi connectivity index (χ0) is 13.0. The van der Waals surface area contributed by atoms with E-state index < -0.39 is 5.97 Å². The number of ether oxygens (including phenoxy) is 1. The van der Waals surface area contributed by atoms with Crippen molar-refractivity contribution in [1.29, 1.82) is 0 Å². The molecule has 2 atom stereocenters. The molecule has 0 radical (unpaired) electrons. The van der Waals surface area contributed by atoms with Crippen LogP contribution in [0.1, 0.15) is 43.0 Å². The first kappa shape index (κ1) is 12.9. The molecule has 2 rings (SSSR count). The maximum Gasteiger partial charge on any atom is 0.335 e. The molecule has 0 bridgehead atoms. The molecule has 1 N–H and O–H groups in total. The highest BCUT2D eigenvalue weighted by Gasteiger charge is 2.19. The summed E-state index contributed by atoms with van der Waals surface area (Å²) in [5.74, 6) is 1.32. The van der Waals surface area contributed by atoms with Crippen LogP contribution in [0.25, 0.3) is 0 Å². The highest BCUT2D eigenvalue weighted by molar-refractivity contribution is 5.87. The summed E-state index contributed by atoms with van der Waals surface area (Å²) in [6.07, 6.45) is 5.13. The maximum absolute atomic E-state index is 10.7. The van der Waals surface area contributed by atoms with E-state index in [1.807, 2.05) is 0 Å². The summed E-state index contributed by atoms with van der Waals surface area (Å²) < 4.78 is 5.74. The van der Waals surface area contributed by atoms with Gasteiger partial charge >= 0.3 is 5.97 Å². The Bertz CT molecular complexity index is 397. The highest BCUT2D eigenvalue weighted by atomic mass is 16.5. The van der Waals surface area contributed by atoms with Crippen LogP contribution in [0.15, 0.2) is 24.3 Å². The van der Waals surface area contributed by atoms with Crippen LogP contribution in [0.4, 0.5) is 0 Å². The lowest BCUT2D eigenvalue weighted by molar-refractivity contribution is 0.0697. The normalized spacial score (nSPS) is 23.6. The molecule has 0 saturated heterocycles. The van der Waals surface area contributed by atoms with Gasteiger partial charge in [-0.15, -0.1) is 0 Å². The third-order valence-electron chi connectivity index (χ3n) is 3.63. The summed E-state index contributed by atoms with van der Waals surface area (Å²) in [6, 6.07) is 6.63. The molecule has 2 unspecified atom stereocenters. The largest absolute Gasteiger partial charge is 0.493 e. The van der Waals surface area contributed by atoms with Gasteiger partial charge in [0.25, 0.3) is 0 Å². The third kappa shape index (κ3) is 3.49. The molecule has 1 aliphatic carbocycles. The van der Waals surface area contributed by atoms with Crippen LogP contribution in [-0.4, -0.2) is 17.7 Å². The second-order valence-corrected chi connectivity index (χ2v) is 5.28. The molecule has 3 heteroatoms. The Morgan fingerprint density at radius 1 is 1.33 bits per heavy atom. The van der Waals surface area contributed by atoms with Crippen molar-refractivity contribution in [3.8, 4) is 5.75 Å². The van der Waals surface area contributed by atoms with Crippen LogP contribution >= 0.6 is 0 Å². The summed E-state index contributed by atoms with van der Waals surface area (Å²) in [5, 5.41) is 8.80. The van der Waals surface area contributed by atoms with Gasteiger partial charge in [-0.2, -0.15) is 0 Å². The topological polar surface area (TPSA) is 46.5 Å². The van der Waals surface area contributed by atoms with Crippen LogP contribution in [0.2, 0.25) is 0 Å². The first-order chi connectivity index (χ1) is 8.65. The zero-order valence-electron chi connectivity index (χ0n) is 10.8. The van der Waals surface area contributed by atoms with Crippen molar-refractivity contribution in [2.75, 3.05) is 6.61 Å². The smallest absolute Gasteiger partial charge is 0.335 e. The molecule has 0 spiro atoms. The molecule has 18 heavy (non-hydrogen) atoms. The predicted molar refractivity (Wildman–Crippen MR) is 70.0 cm³/mol. The summed E-state index contributed by atoms with van der Waals surface area (Å²) in [4.78, 5) is 10.7. The quantitative estimate of drug-likeness (QED) is 0.885. The summed E-state index contributed by atoms with van der Waals surface area (Å²) >= 11 is 0. The van der Waals surface area contributed by atoms with Gasteiger partial charge in [0.05, 0.1) is 12.2 Å². The van der Waals surface area contributed by atoms with Crippen molar-refractivity contribution >= 4 is 5.97 Å². The lowest BCUT2D eigenvalue weighted by Gasteiger charge is -2.26. The van der Waals surface area contributed by atoms with E-state index in [0.29, 0.717) is 11.5 Å². The number of aromatic carboxylic acids is 1. The maximum atomic E-state index is 10.7. The summed E-state index contributed by atoms with van der Waals surface area (Å²) in [5.41, 5.74) is 0.300. The number of hydrogen-bond acceptors (Lipinski definition) is 2. The summed E-state index contributed by atoms with van der Waals surface area (Å²) in [7, 11) is 0. The van der Waals surface area contributed by atoms with Gasteiger partial charge in [-0.25, -0.2) is 4.79 Å². The molecule has 1 saturated carbocycles. The highest BCUT2D eigenvalue weighted by Crippen LogP contribution is 2.29. The van der Waals surface area contributed by atoms with E-state index in [-0.39, 0.29) is 0 Å². The van der Waals surface area contributed by atoms with Gasteiger partial charge in [0.15, 0.2) is 0 Å². The van der Waals surface area contributed by atoms with E-state index in [1.54, 1.807) is 24.3 Å². The zero-order valence-corrected chi connectivity index (χ0v) is 10.8. The van der Waals surface area contributed by atoms with Crippen LogP contribution in [-0.2, 0) is 0 Å².